The topological polar surface area (TPSA) is 24.9 Å². The zero-order valence-corrected chi connectivity index (χ0v) is 7.68. The third-order valence-electron chi connectivity index (χ3n) is 2.54. The van der Waals surface area contributed by atoms with Crippen LogP contribution >= 0.6 is 0 Å². The molecular formula is C10H13FN2. The molecular weight excluding hydrogens is 167 g/mol. The number of hydrogen-bond donors (Lipinski definition) is 1. The van der Waals surface area contributed by atoms with Crippen LogP contribution < -0.4 is 5.32 Å². The first-order valence-corrected chi connectivity index (χ1v) is 4.54. The van der Waals surface area contributed by atoms with Crippen molar-refractivity contribution in [1.29, 1.82) is 0 Å². The summed E-state index contributed by atoms with van der Waals surface area (Å²) < 4.78 is 13.1. The molecule has 0 aromatic carbocycles. The lowest BCUT2D eigenvalue weighted by Gasteiger charge is -2.10. The molecule has 0 unspecified atom stereocenters. The molecule has 1 aromatic heterocycles. The van der Waals surface area contributed by atoms with Crippen LogP contribution in [0.15, 0.2) is 18.3 Å². The molecule has 0 amide bonds. The van der Waals surface area contributed by atoms with Gasteiger partial charge in [0, 0.05) is 12.7 Å². The Kier molecular flexibility index (Phi) is 1.94. The maximum atomic E-state index is 13.1. The predicted octanol–water partition coefficient (Wildman–Crippen LogP) is 2.43. The van der Waals surface area contributed by atoms with Gasteiger partial charge in [-0.25, -0.2) is 9.37 Å². The number of hydrogen-bond acceptors (Lipinski definition) is 2. The van der Waals surface area contributed by atoms with Crippen molar-refractivity contribution in [2.45, 2.75) is 19.8 Å². The lowest BCUT2D eigenvalue weighted by Crippen LogP contribution is -2.13. The average molecular weight is 180 g/mol. The zero-order valence-electron chi connectivity index (χ0n) is 7.68. The van der Waals surface area contributed by atoms with E-state index in [-0.39, 0.29) is 5.82 Å². The first kappa shape index (κ1) is 8.48. The normalized spacial score (nSPS) is 18.3. The summed E-state index contributed by atoms with van der Waals surface area (Å²) in [5.74, 6) is 0.0994. The number of aromatic nitrogens is 1. The van der Waals surface area contributed by atoms with Crippen LogP contribution in [0.25, 0.3) is 0 Å². The maximum Gasteiger partial charge on any atom is 0.165 e. The highest BCUT2D eigenvalue weighted by Crippen LogP contribution is 2.44. The Morgan fingerprint density at radius 3 is 3.00 bits per heavy atom. The van der Waals surface area contributed by atoms with Crippen LogP contribution in [0.5, 0.6) is 0 Å². The Balaban J connectivity index is 1.97. The molecule has 3 heteroatoms. The molecule has 0 atom stereocenters. The molecule has 0 aliphatic heterocycles. The van der Waals surface area contributed by atoms with Crippen molar-refractivity contribution in [2.75, 3.05) is 11.9 Å². The van der Waals surface area contributed by atoms with Gasteiger partial charge in [-0.05, 0) is 30.4 Å². The van der Waals surface area contributed by atoms with Gasteiger partial charge in [0.2, 0.25) is 0 Å². The molecule has 2 nitrogen and oxygen atoms in total. The minimum Gasteiger partial charge on any atom is -0.367 e. The van der Waals surface area contributed by atoms with Crippen LogP contribution in [0.2, 0.25) is 0 Å². The third-order valence-corrected chi connectivity index (χ3v) is 2.54. The van der Waals surface area contributed by atoms with Crippen LogP contribution in [0.4, 0.5) is 10.2 Å². The monoisotopic (exact) mass is 180 g/mol. The molecule has 0 spiro atoms. The van der Waals surface area contributed by atoms with Gasteiger partial charge < -0.3 is 5.32 Å². The summed E-state index contributed by atoms with van der Waals surface area (Å²) in [6.07, 6.45) is 4.06. The average Bonchev–Trinajstić information content (AvgIpc) is 2.83. The van der Waals surface area contributed by atoms with E-state index in [4.69, 9.17) is 0 Å². The fourth-order valence-electron chi connectivity index (χ4n) is 1.20. The summed E-state index contributed by atoms with van der Waals surface area (Å²) in [6.45, 7) is 3.02. The van der Waals surface area contributed by atoms with Gasteiger partial charge in [0.25, 0.3) is 0 Å². The fourth-order valence-corrected chi connectivity index (χ4v) is 1.20. The number of pyridine rings is 1. The van der Waals surface area contributed by atoms with Crippen molar-refractivity contribution in [1.82, 2.24) is 4.98 Å². The number of anilines is 1. The van der Waals surface area contributed by atoms with Crippen molar-refractivity contribution in [3.05, 3.63) is 24.1 Å². The lowest BCUT2D eigenvalue weighted by atomic mass is 10.1. The standard InChI is InChI=1S/C10H13FN2/c1-10(4-5-10)7-13-9-8(11)3-2-6-12-9/h2-3,6H,4-5,7H2,1H3,(H,12,13). The highest BCUT2D eigenvalue weighted by molar-refractivity contribution is 5.35. The van der Waals surface area contributed by atoms with Crippen molar-refractivity contribution in [2.24, 2.45) is 5.41 Å². The van der Waals surface area contributed by atoms with E-state index in [1.165, 1.54) is 18.9 Å². The summed E-state index contributed by atoms with van der Waals surface area (Å²) in [7, 11) is 0. The van der Waals surface area contributed by atoms with Crippen molar-refractivity contribution in [3.8, 4) is 0 Å². The van der Waals surface area contributed by atoms with Gasteiger partial charge in [-0.3, -0.25) is 0 Å². The van der Waals surface area contributed by atoms with E-state index in [1.807, 2.05) is 0 Å². The smallest absolute Gasteiger partial charge is 0.165 e. The Hall–Kier alpha value is -1.12. The summed E-state index contributed by atoms with van der Waals surface area (Å²) in [6, 6.07) is 3.02. The minimum atomic E-state index is -0.272. The molecule has 13 heavy (non-hydrogen) atoms. The second-order valence-electron chi connectivity index (χ2n) is 4.00. The molecule has 1 fully saturated rings. The number of nitrogens with zero attached hydrogens (tertiary/aromatic N) is 1. The first-order valence-electron chi connectivity index (χ1n) is 4.54. The van der Waals surface area contributed by atoms with E-state index < -0.39 is 0 Å². The number of rotatable bonds is 3. The number of halogens is 1. The molecule has 1 aromatic rings. The van der Waals surface area contributed by atoms with E-state index in [9.17, 15) is 4.39 Å². The highest BCUT2D eigenvalue weighted by atomic mass is 19.1. The molecule has 2 rings (SSSR count). The largest absolute Gasteiger partial charge is 0.367 e. The molecule has 1 aliphatic rings. The van der Waals surface area contributed by atoms with Gasteiger partial charge in [0.15, 0.2) is 11.6 Å². The van der Waals surface area contributed by atoms with E-state index >= 15 is 0 Å². The number of nitrogens with one attached hydrogen (secondary N) is 1. The van der Waals surface area contributed by atoms with Crippen LogP contribution in [-0.4, -0.2) is 11.5 Å². The molecule has 0 saturated heterocycles. The van der Waals surface area contributed by atoms with Crippen LogP contribution in [-0.2, 0) is 0 Å². The molecule has 1 saturated carbocycles. The molecule has 1 aliphatic carbocycles. The first-order chi connectivity index (χ1) is 6.20. The predicted molar refractivity (Wildman–Crippen MR) is 50.0 cm³/mol. The third kappa shape index (κ3) is 1.97. The summed E-state index contributed by atoms with van der Waals surface area (Å²) in [5.41, 5.74) is 0.379. The zero-order chi connectivity index (χ0) is 9.31. The molecule has 1 N–H and O–H groups in total. The minimum absolute atomic E-state index is 0.272. The highest BCUT2D eigenvalue weighted by Gasteiger charge is 2.36. The Labute approximate surface area is 77.2 Å². The molecule has 0 bridgehead atoms. The van der Waals surface area contributed by atoms with Crippen LogP contribution in [0.1, 0.15) is 19.8 Å². The van der Waals surface area contributed by atoms with E-state index in [0.29, 0.717) is 11.2 Å². The van der Waals surface area contributed by atoms with Crippen molar-refractivity contribution < 1.29 is 4.39 Å². The van der Waals surface area contributed by atoms with Gasteiger partial charge in [-0.15, -0.1) is 0 Å². The summed E-state index contributed by atoms with van der Waals surface area (Å²) in [4.78, 5) is 3.92. The summed E-state index contributed by atoms with van der Waals surface area (Å²) in [5, 5.41) is 3.03. The Morgan fingerprint density at radius 2 is 2.38 bits per heavy atom. The molecule has 70 valence electrons. The van der Waals surface area contributed by atoms with Gasteiger partial charge in [-0.2, -0.15) is 0 Å². The van der Waals surface area contributed by atoms with Gasteiger partial charge >= 0.3 is 0 Å². The lowest BCUT2D eigenvalue weighted by molar-refractivity contribution is 0.593. The van der Waals surface area contributed by atoms with Crippen LogP contribution in [0.3, 0.4) is 0 Å². The second-order valence-corrected chi connectivity index (χ2v) is 4.00. The quantitative estimate of drug-likeness (QED) is 0.772. The van der Waals surface area contributed by atoms with E-state index in [1.54, 1.807) is 12.3 Å². The maximum absolute atomic E-state index is 13.1. The SMILES string of the molecule is CC1(CNc2ncccc2F)CC1. The molecule has 0 radical (unpaired) electrons. The van der Waals surface area contributed by atoms with E-state index in [0.717, 1.165) is 6.54 Å². The Morgan fingerprint density at radius 1 is 1.62 bits per heavy atom. The van der Waals surface area contributed by atoms with Gasteiger partial charge in [-0.1, -0.05) is 6.92 Å². The Bertz CT molecular complexity index is 308. The van der Waals surface area contributed by atoms with Gasteiger partial charge in [0.1, 0.15) is 0 Å². The summed E-state index contributed by atoms with van der Waals surface area (Å²) >= 11 is 0. The second kappa shape index (κ2) is 2.98. The van der Waals surface area contributed by atoms with Crippen LogP contribution in [0, 0.1) is 11.2 Å². The van der Waals surface area contributed by atoms with Crippen molar-refractivity contribution in [3.63, 3.8) is 0 Å². The fraction of sp³-hybridized carbons (Fsp3) is 0.500. The van der Waals surface area contributed by atoms with Gasteiger partial charge in [0.05, 0.1) is 0 Å². The van der Waals surface area contributed by atoms with E-state index in [2.05, 4.69) is 17.2 Å². The molecule has 1 heterocycles. The van der Waals surface area contributed by atoms with Crippen molar-refractivity contribution >= 4 is 5.82 Å².